The predicted octanol–water partition coefficient (Wildman–Crippen LogP) is 4.40. The second-order valence-corrected chi connectivity index (χ2v) is 5.60. The van der Waals surface area contributed by atoms with Crippen LogP contribution in [0, 0.1) is 12.4 Å². The van der Waals surface area contributed by atoms with E-state index in [4.69, 9.17) is 22.9 Å². The molecule has 0 spiro atoms. The zero-order valence-corrected chi connectivity index (χ0v) is 14.1. The topological polar surface area (TPSA) is 42.7 Å². The summed E-state index contributed by atoms with van der Waals surface area (Å²) in [6.45, 7) is 10.3. The average Bonchev–Trinajstić information content (AvgIpc) is 2.54. The minimum atomic E-state index is -3.00. The number of rotatable bonds is 4. The largest absolute Gasteiger partial charge is 0.463 e. The molecule has 0 radical (unpaired) electrons. The number of esters is 1. The van der Waals surface area contributed by atoms with Crippen LogP contribution in [0.4, 0.5) is 13.2 Å². The molecule has 1 aromatic rings. The smallest absolute Gasteiger partial charge is 0.335 e. The maximum Gasteiger partial charge on any atom is 0.335 e. The van der Waals surface area contributed by atoms with E-state index in [1.54, 1.807) is 0 Å². The first-order valence-corrected chi connectivity index (χ1v) is 7.69. The van der Waals surface area contributed by atoms with Gasteiger partial charge < -0.3 is 10.1 Å². The molecule has 25 heavy (non-hydrogen) atoms. The maximum absolute atomic E-state index is 13.5. The third-order valence-electron chi connectivity index (χ3n) is 3.67. The van der Waals surface area contributed by atoms with Gasteiger partial charge in [-0.1, -0.05) is 17.7 Å². The van der Waals surface area contributed by atoms with Crippen LogP contribution in [0.3, 0.4) is 0 Å². The minimum absolute atomic E-state index is 0.0148. The molecule has 0 bridgehead atoms. The van der Waals surface area contributed by atoms with Crippen LogP contribution in [0.1, 0.15) is 25.3 Å². The zero-order valence-electron chi connectivity index (χ0n) is 13.4. The second-order valence-electron chi connectivity index (χ2n) is 5.19. The lowest BCUT2D eigenvalue weighted by molar-refractivity contribution is -0.139. The lowest BCUT2D eigenvalue weighted by Crippen LogP contribution is -2.32. The number of nitrogens with one attached hydrogen (secondary N) is 1. The normalized spacial score (nSPS) is 17.4. The second kappa shape index (κ2) is 7.62. The van der Waals surface area contributed by atoms with Gasteiger partial charge >= 0.3 is 5.97 Å². The fourth-order valence-corrected chi connectivity index (χ4v) is 2.91. The number of benzene rings is 1. The van der Waals surface area contributed by atoms with Crippen LogP contribution < -0.4 is 5.32 Å². The summed E-state index contributed by atoms with van der Waals surface area (Å²) in [5.74, 6) is -2.78. The molecule has 1 aromatic carbocycles. The Morgan fingerprint density at radius 3 is 2.68 bits per heavy atom. The Bertz CT molecular complexity index is 813. The van der Waals surface area contributed by atoms with Gasteiger partial charge in [0.15, 0.2) is 5.70 Å². The van der Waals surface area contributed by atoms with Gasteiger partial charge in [0.25, 0.3) is 6.43 Å². The minimum Gasteiger partial charge on any atom is -0.463 e. The summed E-state index contributed by atoms with van der Waals surface area (Å²) in [6.07, 6.45) is -3.00. The van der Waals surface area contributed by atoms with Crippen LogP contribution in [0.2, 0.25) is 5.02 Å². The van der Waals surface area contributed by atoms with Crippen molar-refractivity contribution in [2.75, 3.05) is 6.61 Å². The van der Waals surface area contributed by atoms with Gasteiger partial charge in [-0.3, -0.25) is 0 Å². The molecule has 0 saturated carbocycles. The highest BCUT2D eigenvalue weighted by atomic mass is 35.5. The molecule has 1 aliphatic rings. The van der Waals surface area contributed by atoms with Gasteiger partial charge in [0.1, 0.15) is 5.82 Å². The summed E-state index contributed by atoms with van der Waals surface area (Å²) >= 11 is 6.06. The molecule has 4 nitrogen and oxygen atoms in total. The van der Waals surface area contributed by atoms with E-state index in [-0.39, 0.29) is 28.6 Å². The van der Waals surface area contributed by atoms with Crippen molar-refractivity contribution in [1.82, 2.24) is 5.32 Å². The lowest BCUT2D eigenvalue weighted by Gasteiger charge is -2.29. The number of hydrogen-bond donors (Lipinski definition) is 1. The van der Waals surface area contributed by atoms with E-state index in [1.807, 2.05) is 0 Å². The predicted molar refractivity (Wildman–Crippen MR) is 86.3 cm³/mol. The number of halogens is 4. The van der Waals surface area contributed by atoms with Crippen molar-refractivity contribution in [2.24, 2.45) is 0 Å². The summed E-state index contributed by atoms with van der Waals surface area (Å²) in [7, 11) is 0. The van der Waals surface area contributed by atoms with E-state index in [0.717, 1.165) is 12.1 Å². The standard InChI is InChI=1S/C17H14ClF3N2O2/c1-4-25-17(24)13-12(10-6-5-9(19)7-11(10)18)14(22-3)8(2)23-15(13)16(20)21/h5-7,12,16,23H,4H2,1-2H3. The molecule has 0 aliphatic carbocycles. The molecule has 0 saturated heterocycles. The van der Waals surface area contributed by atoms with Crippen molar-refractivity contribution < 1.29 is 22.7 Å². The lowest BCUT2D eigenvalue weighted by atomic mass is 9.84. The van der Waals surface area contributed by atoms with Crippen LogP contribution in [0.25, 0.3) is 4.85 Å². The zero-order chi connectivity index (χ0) is 18.7. The highest BCUT2D eigenvalue weighted by Crippen LogP contribution is 2.43. The number of alkyl halides is 2. The van der Waals surface area contributed by atoms with Crippen molar-refractivity contribution in [3.8, 4) is 0 Å². The maximum atomic E-state index is 13.5. The van der Waals surface area contributed by atoms with E-state index < -0.39 is 35.4 Å². The molecule has 1 aliphatic heterocycles. The molecule has 2 rings (SSSR count). The molecule has 0 aromatic heterocycles. The molecule has 8 heteroatoms. The molecular weight excluding hydrogens is 357 g/mol. The van der Waals surface area contributed by atoms with Gasteiger partial charge in [-0.25, -0.2) is 22.8 Å². The average molecular weight is 371 g/mol. The summed E-state index contributed by atoms with van der Waals surface area (Å²) in [6, 6.07) is 3.36. The Balaban J connectivity index is 2.76. The fraction of sp³-hybridized carbons (Fsp3) is 0.294. The monoisotopic (exact) mass is 370 g/mol. The fourth-order valence-electron chi connectivity index (χ4n) is 2.64. The Morgan fingerprint density at radius 1 is 1.48 bits per heavy atom. The summed E-state index contributed by atoms with van der Waals surface area (Å²) in [5, 5.41) is 2.34. The third-order valence-corrected chi connectivity index (χ3v) is 3.99. The highest BCUT2D eigenvalue weighted by molar-refractivity contribution is 6.31. The number of hydrogen-bond acceptors (Lipinski definition) is 3. The first-order chi connectivity index (χ1) is 11.8. The van der Waals surface area contributed by atoms with Gasteiger partial charge in [0.2, 0.25) is 0 Å². The first-order valence-electron chi connectivity index (χ1n) is 7.31. The Labute approximate surface area is 147 Å². The van der Waals surface area contributed by atoms with Crippen molar-refractivity contribution in [1.29, 1.82) is 0 Å². The quantitative estimate of drug-likeness (QED) is 0.631. The Hall–Kier alpha value is -2.46. The van der Waals surface area contributed by atoms with Crippen LogP contribution in [0.5, 0.6) is 0 Å². The van der Waals surface area contributed by atoms with Gasteiger partial charge in [0, 0.05) is 10.7 Å². The number of carbonyl (C=O) groups is 1. The number of nitrogens with zero attached hydrogens (tertiary/aromatic N) is 1. The van der Waals surface area contributed by atoms with Crippen molar-refractivity contribution in [3.63, 3.8) is 0 Å². The summed E-state index contributed by atoms with van der Waals surface area (Å²) < 4.78 is 45.3. The van der Waals surface area contributed by atoms with E-state index in [1.165, 1.54) is 19.9 Å². The van der Waals surface area contributed by atoms with Gasteiger partial charge in [-0.15, -0.1) is 0 Å². The molecule has 0 fully saturated rings. The van der Waals surface area contributed by atoms with Crippen molar-refractivity contribution in [3.05, 3.63) is 68.7 Å². The van der Waals surface area contributed by atoms with Crippen molar-refractivity contribution >= 4 is 17.6 Å². The van der Waals surface area contributed by atoms with Crippen LogP contribution in [0.15, 0.2) is 40.9 Å². The van der Waals surface area contributed by atoms with Gasteiger partial charge in [-0.05, 0) is 31.5 Å². The molecule has 1 N–H and O–H groups in total. The summed E-state index contributed by atoms with van der Waals surface area (Å²) in [4.78, 5) is 15.7. The van der Waals surface area contributed by atoms with E-state index in [2.05, 4.69) is 10.2 Å². The van der Waals surface area contributed by atoms with E-state index in [0.29, 0.717) is 0 Å². The summed E-state index contributed by atoms with van der Waals surface area (Å²) in [5.41, 5.74) is -0.684. The highest BCUT2D eigenvalue weighted by Gasteiger charge is 2.39. The number of allylic oxidation sites excluding steroid dienone is 3. The molecule has 1 heterocycles. The number of ether oxygens (including phenoxy) is 1. The molecular formula is C17H14ClF3N2O2. The molecule has 0 amide bonds. The van der Waals surface area contributed by atoms with Crippen LogP contribution in [-0.4, -0.2) is 19.0 Å². The van der Waals surface area contributed by atoms with Crippen LogP contribution >= 0.6 is 11.6 Å². The SMILES string of the molecule is [C-]#[N+]C1=C(C)NC(C(F)F)=C(C(=O)OCC)C1c1ccc(F)cc1Cl. The molecule has 1 atom stereocenters. The van der Waals surface area contributed by atoms with E-state index >= 15 is 0 Å². The number of carbonyl (C=O) groups excluding carboxylic acids is 1. The van der Waals surface area contributed by atoms with Gasteiger partial charge in [-0.2, -0.15) is 0 Å². The Kier molecular flexibility index (Phi) is 5.75. The third kappa shape index (κ3) is 3.64. The van der Waals surface area contributed by atoms with E-state index in [9.17, 15) is 18.0 Å². The molecule has 132 valence electrons. The Morgan fingerprint density at radius 2 is 2.16 bits per heavy atom. The van der Waals surface area contributed by atoms with Gasteiger partial charge in [0.05, 0.1) is 30.4 Å². The van der Waals surface area contributed by atoms with Crippen LogP contribution in [-0.2, 0) is 9.53 Å². The molecule has 1 unspecified atom stereocenters. The number of dihydropyridines is 1. The first kappa shape index (κ1) is 18.9. The van der Waals surface area contributed by atoms with Crippen molar-refractivity contribution in [2.45, 2.75) is 26.2 Å².